The number of carboxylic acids is 1. The molecule has 1 unspecified atom stereocenters. The molecule has 0 aromatic rings. The molecule has 0 aromatic carbocycles. The molecule has 1 N–H and O–H groups in total. The van der Waals surface area contributed by atoms with Gasteiger partial charge in [0, 0.05) is 6.42 Å². The van der Waals surface area contributed by atoms with E-state index in [1.807, 2.05) is 0 Å². The molecule has 0 aromatic heterocycles. The Morgan fingerprint density at radius 1 is 0.513 bits per heavy atom. The molecule has 0 saturated heterocycles. The molecule has 0 saturated carbocycles. The molecule has 0 heterocycles. The summed E-state index contributed by atoms with van der Waals surface area (Å²) >= 11 is 0. The zero-order valence-electron chi connectivity index (χ0n) is 26.0. The zero-order valence-corrected chi connectivity index (χ0v) is 26.0. The Labute approximate surface area is 243 Å². The standard InChI is InChI=1S/C36H64O3/c1-3-5-7-9-11-13-15-17-19-21-23-25-27-29-31-33-35(37)34(36(38)39)32-30-28-26-24-22-20-18-16-14-12-10-8-6-4-2/h12,14,17-20,34H,3-11,13,15-16,21-33H2,1-2H3,(H,38,39)/b14-12-,19-17-,20-18+. The summed E-state index contributed by atoms with van der Waals surface area (Å²) in [4.78, 5) is 24.1. The Morgan fingerprint density at radius 2 is 0.897 bits per heavy atom. The van der Waals surface area contributed by atoms with E-state index in [1.54, 1.807) is 0 Å². The lowest BCUT2D eigenvalue weighted by atomic mass is 9.93. The highest BCUT2D eigenvalue weighted by atomic mass is 16.4. The first-order valence-corrected chi connectivity index (χ1v) is 16.8. The van der Waals surface area contributed by atoms with Crippen molar-refractivity contribution < 1.29 is 14.7 Å². The molecule has 0 amide bonds. The minimum absolute atomic E-state index is 0.0641. The first-order valence-electron chi connectivity index (χ1n) is 16.8. The van der Waals surface area contributed by atoms with Crippen LogP contribution in [0.25, 0.3) is 0 Å². The number of carboxylic acid groups (broad SMARTS) is 1. The third-order valence-electron chi connectivity index (χ3n) is 7.57. The van der Waals surface area contributed by atoms with Crippen molar-refractivity contribution in [1.82, 2.24) is 0 Å². The number of hydrogen-bond donors (Lipinski definition) is 1. The van der Waals surface area contributed by atoms with Crippen LogP contribution in [0.2, 0.25) is 0 Å². The van der Waals surface area contributed by atoms with E-state index in [2.05, 4.69) is 50.3 Å². The molecule has 0 spiro atoms. The van der Waals surface area contributed by atoms with Gasteiger partial charge in [-0.05, 0) is 70.6 Å². The van der Waals surface area contributed by atoms with Crippen molar-refractivity contribution in [3.63, 3.8) is 0 Å². The lowest BCUT2D eigenvalue weighted by Crippen LogP contribution is -2.23. The zero-order chi connectivity index (χ0) is 28.7. The predicted octanol–water partition coefficient (Wildman–Crippen LogP) is 11.7. The maximum atomic E-state index is 12.5. The second-order valence-electron chi connectivity index (χ2n) is 11.4. The Kier molecular flexibility index (Phi) is 29.6. The van der Waals surface area contributed by atoms with E-state index in [9.17, 15) is 14.7 Å². The molecule has 3 heteroatoms. The number of aliphatic carboxylic acids is 1. The van der Waals surface area contributed by atoms with Crippen LogP contribution in [0, 0.1) is 5.92 Å². The first kappa shape index (κ1) is 37.4. The van der Waals surface area contributed by atoms with Gasteiger partial charge in [0.1, 0.15) is 11.7 Å². The highest BCUT2D eigenvalue weighted by Gasteiger charge is 2.24. The summed E-state index contributed by atoms with van der Waals surface area (Å²) in [5.41, 5.74) is 0. The van der Waals surface area contributed by atoms with E-state index in [0.29, 0.717) is 12.8 Å². The second-order valence-corrected chi connectivity index (χ2v) is 11.4. The average Bonchev–Trinajstić information content (AvgIpc) is 2.92. The quantitative estimate of drug-likeness (QED) is 0.0555. The highest BCUT2D eigenvalue weighted by Crippen LogP contribution is 2.17. The van der Waals surface area contributed by atoms with E-state index in [0.717, 1.165) is 64.2 Å². The summed E-state index contributed by atoms with van der Waals surface area (Å²) < 4.78 is 0. The SMILES string of the molecule is CCCCC/C=C\C/C=C/CCCCCCC(C(=O)O)C(=O)CCCCCCC/C=C\CCCCCCCC. The third-order valence-corrected chi connectivity index (χ3v) is 7.57. The van der Waals surface area contributed by atoms with Crippen molar-refractivity contribution in [3.8, 4) is 0 Å². The van der Waals surface area contributed by atoms with E-state index < -0.39 is 11.9 Å². The molecule has 3 nitrogen and oxygen atoms in total. The monoisotopic (exact) mass is 544 g/mol. The molecule has 39 heavy (non-hydrogen) atoms. The molecular formula is C36H64O3. The second kappa shape index (κ2) is 30.9. The van der Waals surface area contributed by atoms with Gasteiger partial charge in [-0.15, -0.1) is 0 Å². The van der Waals surface area contributed by atoms with Crippen LogP contribution in [0.4, 0.5) is 0 Å². The highest BCUT2D eigenvalue weighted by molar-refractivity contribution is 5.98. The number of allylic oxidation sites excluding steroid dienone is 6. The normalized spacial score (nSPS) is 12.8. The fourth-order valence-electron chi connectivity index (χ4n) is 4.95. The van der Waals surface area contributed by atoms with Crippen LogP contribution in [0.1, 0.15) is 174 Å². The number of carbonyl (C=O) groups excluding carboxylic acids is 1. The summed E-state index contributed by atoms with van der Waals surface area (Å²) in [6.45, 7) is 4.49. The van der Waals surface area contributed by atoms with Crippen LogP contribution in [0.15, 0.2) is 36.5 Å². The topological polar surface area (TPSA) is 54.4 Å². The van der Waals surface area contributed by atoms with Gasteiger partial charge in [-0.2, -0.15) is 0 Å². The van der Waals surface area contributed by atoms with Gasteiger partial charge in [-0.1, -0.05) is 134 Å². The average molecular weight is 545 g/mol. The Hall–Kier alpha value is -1.64. The van der Waals surface area contributed by atoms with Gasteiger partial charge < -0.3 is 5.11 Å². The fraction of sp³-hybridized carbons (Fsp3) is 0.778. The van der Waals surface area contributed by atoms with Crippen molar-refractivity contribution in [2.45, 2.75) is 174 Å². The number of Topliss-reactive ketones (excluding diaryl/α,β-unsaturated/α-hetero) is 1. The number of rotatable bonds is 30. The van der Waals surface area contributed by atoms with E-state index in [4.69, 9.17) is 0 Å². The van der Waals surface area contributed by atoms with Crippen LogP contribution in [0.5, 0.6) is 0 Å². The number of carbonyl (C=O) groups is 2. The largest absolute Gasteiger partial charge is 0.481 e. The Bertz CT molecular complexity index is 631. The molecule has 1 atom stereocenters. The van der Waals surface area contributed by atoms with Crippen molar-refractivity contribution >= 4 is 11.8 Å². The summed E-state index contributed by atoms with van der Waals surface area (Å²) in [6.07, 6.45) is 41.8. The van der Waals surface area contributed by atoms with E-state index in [1.165, 1.54) is 83.5 Å². The van der Waals surface area contributed by atoms with Gasteiger partial charge in [0.15, 0.2) is 0 Å². The van der Waals surface area contributed by atoms with Gasteiger partial charge in [-0.25, -0.2) is 0 Å². The molecule has 0 rings (SSSR count). The van der Waals surface area contributed by atoms with Gasteiger partial charge in [0.05, 0.1) is 0 Å². The maximum absolute atomic E-state index is 12.5. The van der Waals surface area contributed by atoms with Crippen LogP contribution >= 0.6 is 0 Å². The van der Waals surface area contributed by atoms with Crippen molar-refractivity contribution in [2.24, 2.45) is 5.92 Å². The fourth-order valence-corrected chi connectivity index (χ4v) is 4.95. The van der Waals surface area contributed by atoms with Gasteiger partial charge in [0.2, 0.25) is 0 Å². The lowest BCUT2D eigenvalue weighted by Gasteiger charge is -2.11. The van der Waals surface area contributed by atoms with Crippen LogP contribution in [0.3, 0.4) is 0 Å². The summed E-state index contributed by atoms with van der Waals surface area (Å²) in [5.74, 6) is -1.80. The first-order chi connectivity index (χ1) is 19.1. The van der Waals surface area contributed by atoms with E-state index >= 15 is 0 Å². The Morgan fingerprint density at radius 3 is 1.41 bits per heavy atom. The summed E-state index contributed by atoms with van der Waals surface area (Å²) in [5, 5.41) is 9.53. The lowest BCUT2D eigenvalue weighted by molar-refractivity contribution is -0.146. The maximum Gasteiger partial charge on any atom is 0.314 e. The van der Waals surface area contributed by atoms with Gasteiger partial charge >= 0.3 is 5.97 Å². The molecule has 0 radical (unpaired) electrons. The molecule has 0 fully saturated rings. The molecule has 0 aliphatic carbocycles. The minimum atomic E-state index is -0.932. The van der Waals surface area contributed by atoms with Crippen molar-refractivity contribution in [1.29, 1.82) is 0 Å². The molecule has 0 aliphatic heterocycles. The van der Waals surface area contributed by atoms with Crippen LogP contribution in [-0.4, -0.2) is 16.9 Å². The molecule has 0 bridgehead atoms. The number of ketones is 1. The molecule has 226 valence electrons. The minimum Gasteiger partial charge on any atom is -0.481 e. The van der Waals surface area contributed by atoms with Crippen molar-refractivity contribution in [2.75, 3.05) is 0 Å². The van der Waals surface area contributed by atoms with E-state index in [-0.39, 0.29) is 5.78 Å². The smallest absolute Gasteiger partial charge is 0.314 e. The van der Waals surface area contributed by atoms with Gasteiger partial charge in [0.25, 0.3) is 0 Å². The third kappa shape index (κ3) is 27.7. The predicted molar refractivity (Wildman–Crippen MR) is 170 cm³/mol. The van der Waals surface area contributed by atoms with Gasteiger partial charge in [-0.3, -0.25) is 9.59 Å². The summed E-state index contributed by atoms with van der Waals surface area (Å²) in [7, 11) is 0. The summed E-state index contributed by atoms with van der Waals surface area (Å²) in [6, 6.07) is 0. The number of unbranched alkanes of at least 4 members (excludes halogenated alkanes) is 18. The molecular weight excluding hydrogens is 480 g/mol. The number of hydrogen-bond acceptors (Lipinski definition) is 2. The van der Waals surface area contributed by atoms with Crippen LogP contribution in [-0.2, 0) is 9.59 Å². The van der Waals surface area contributed by atoms with Crippen LogP contribution < -0.4 is 0 Å². The molecule has 0 aliphatic rings. The van der Waals surface area contributed by atoms with Crippen molar-refractivity contribution in [3.05, 3.63) is 36.5 Å². The Balaban J connectivity index is 3.68.